The third kappa shape index (κ3) is 3.60. The third-order valence-corrected chi connectivity index (χ3v) is 3.19. The molecule has 2 rings (SSSR count). The van der Waals surface area contributed by atoms with Crippen molar-refractivity contribution in [3.63, 3.8) is 0 Å². The number of halogens is 2. The predicted molar refractivity (Wildman–Crippen MR) is 72.6 cm³/mol. The summed E-state index contributed by atoms with van der Waals surface area (Å²) in [4.78, 5) is 15.6. The Morgan fingerprint density at radius 1 is 1.55 bits per heavy atom. The summed E-state index contributed by atoms with van der Waals surface area (Å²) in [5, 5.41) is 5.39. The highest BCUT2D eigenvalue weighted by molar-refractivity contribution is 5.92. The summed E-state index contributed by atoms with van der Waals surface area (Å²) in [6.07, 6.45) is 1.16. The maximum Gasteiger partial charge on any atom is 0.270 e. The van der Waals surface area contributed by atoms with Gasteiger partial charge in [0.25, 0.3) is 12.3 Å². The lowest BCUT2D eigenvalue weighted by atomic mass is 9.92. The van der Waals surface area contributed by atoms with Gasteiger partial charge in [-0.15, -0.1) is 0 Å². The average molecular weight is 281 g/mol. The van der Waals surface area contributed by atoms with Gasteiger partial charge in [-0.25, -0.2) is 8.78 Å². The van der Waals surface area contributed by atoms with E-state index in [2.05, 4.69) is 28.6 Å². The molecule has 0 saturated heterocycles. The number of hydrogen-bond acceptors (Lipinski definition) is 3. The molecule has 1 aromatic heterocycles. The molecule has 1 atom stereocenters. The number of hydrogen-bond donors (Lipinski definition) is 2. The van der Waals surface area contributed by atoms with Crippen LogP contribution in [0.15, 0.2) is 24.4 Å². The molecule has 0 bridgehead atoms. The Bertz CT molecular complexity index is 500. The van der Waals surface area contributed by atoms with Gasteiger partial charge in [0.1, 0.15) is 5.69 Å². The number of amides is 1. The van der Waals surface area contributed by atoms with E-state index >= 15 is 0 Å². The molecule has 0 spiro atoms. The van der Waals surface area contributed by atoms with E-state index in [0.717, 1.165) is 18.7 Å². The first-order valence-corrected chi connectivity index (χ1v) is 6.51. The minimum Gasteiger partial charge on any atom is -0.345 e. The first kappa shape index (κ1) is 14.6. The molecule has 108 valence electrons. The van der Waals surface area contributed by atoms with Crippen molar-refractivity contribution in [1.29, 1.82) is 0 Å². The van der Waals surface area contributed by atoms with E-state index in [1.165, 1.54) is 5.57 Å². The molecule has 2 N–H and O–H groups in total. The highest BCUT2D eigenvalue weighted by Crippen LogP contribution is 2.24. The predicted octanol–water partition coefficient (Wildman–Crippen LogP) is 1.70. The first-order chi connectivity index (χ1) is 9.58. The Labute approximate surface area is 116 Å². The molecule has 0 fully saturated rings. The lowest BCUT2D eigenvalue weighted by Gasteiger charge is -2.21. The zero-order chi connectivity index (χ0) is 14.5. The summed E-state index contributed by atoms with van der Waals surface area (Å²) in [6, 6.07) is 3.36. The normalized spacial score (nSPS) is 18.8. The van der Waals surface area contributed by atoms with E-state index in [1.807, 2.05) is 0 Å². The fraction of sp³-hybridized carbons (Fsp3) is 0.429. The van der Waals surface area contributed by atoms with Crippen LogP contribution in [0.4, 0.5) is 8.78 Å². The van der Waals surface area contributed by atoms with Gasteiger partial charge in [-0.3, -0.25) is 9.78 Å². The summed E-state index contributed by atoms with van der Waals surface area (Å²) in [5.41, 5.74) is 2.30. The maximum absolute atomic E-state index is 12.0. The van der Waals surface area contributed by atoms with E-state index in [0.29, 0.717) is 5.92 Å². The summed E-state index contributed by atoms with van der Waals surface area (Å²) in [7, 11) is 0. The van der Waals surface area contributed by atoms with Crippen LogP contribution >= 0.6 is 0 Å². The molecule has 0 aromatic carbocycles. The number of nitrogens with one attached hydrogen (secondary N) is 2. The lowest BCUT2D eigenvalue weighted by molar-refractivity contribution is 0.0887. The Kier molecular flexibility index (Phi) is 4.79. The molecule has 1 unspecified atom stereocenters. The van der Waals surface area contributed by atoms with Crippen LogP contribution in [-0.2, 0) is 0 Å². The van der Waals surface area contributed by atoms with E-state index in [4.69, 9.17) is 0 Å². The average Bonchev–Trinajstić information content (AvgIpc) is 2.45. The summed E-state index contributed by atoms with van der Waals surface area (Å²) >= 11 is 0. The van der Waals surface area contributed by atoms with E-state index in [1.54, 1.807) is 18.3 Å². The van der Waals surface area contributed by atoms with Crippen molar-refractivity contribution in [2.75, 3.05) is 19.6 Å². The quantitative estimate of drug-likeness (QED) is 0.883. The van der Waals surface area contributed by atoms with Gasteiger partial charge in [0, 0.05) is 19.3 Å². The summed E-state index contributed by atoms with van der Waals surface area (Å²) in [6.45, 7) is 3.18. The minimum absolute atomic E-state index is 0.150. The molecule has 1 aliphatic heterocycles. The number of pyridine rings is 1. The number of alkyl halides is 2. The van der Waals surface area contributed by atoms with Gasteiger partial charge in [0.05, 0.1) is 6.54 Å². The first-order valence-electron chi connectivity index (χ1n) is 6.51. The molecular weight excluding hydrogens is 264 g/mol. The van der Waals surface area contributed by atoms with Crippen LogP contribution in [0.5, 0.6) is 0 Å². The number of carbonyl (C=O) groups excluding carboxylic acids is 1. The Balaban J connectivity index is 2.06. The molecule has 1 amide bonds. The van der Waals surface area contributed by atoms with Gasteiger partial charge >= 0.3 is 0 Å². The molecule has 1 aliphatic rings. The van der Waals surface area contributed by atoms with Crippen molar-refractivity contribution >= 4 is 11.5 Å². The smallest absolute Gasteiger partial charge is 0.270 e. The van der Waals surface area contributed by atoms with Crippen molar-refractivity contribution in [1.82, 2.24) is 15.6 Å². The van der Waals surface area contributed by atoms with Gasteiger partial charge in [0.15, 0.2) is 0 Å². The van der Waals surface area contributed by atoms with Gasteiger partial charge in [-0.05, 0) is 23.1 Å². The molecule has 0 saturated carbocycles. The van der Waals surface area contributed by atoms with Gasteiger partial charge < -0.3 is 10.6 Å². The lowest BCUT2D eigenvalue weighted by Crippen LogP contribution is -2.29. The van der Waals surface area contributed by atoms with Crippen molar-refractivity contribution < 1.29 is 13.6 Å². The van der Waals surface area contributed by atoms with E-state index < -0.39 is 18.9 Å². The maximum atomic E-state index is 12.0. The topological polar surface area (TPSA) is 54.0 Å². The van der Waals surface area contributed by atoms with Crippen molar-refractivity contribution in [3.05, 3.63) is 35.7 Å². The van der Waals surface area contributed by atoms with Crippen LogP contribution in [-0.4, -0.2) is 37.0 Å². The van der Waals surface area contributed by atoms with Crippen LogP contribution < -0.4 is 10.6 Å². The SMILES string of the molecule is CC1CNCC=C1c1ccc(C(=O)NCC(F)F)nc1. The highest BCUT2D eigenvalue weighted by atomic mass is 19.3. The van der Waals surface area contributed by atoms with Crippen LogP contribution in [0.2, 0.25) is 0 Å². The highest BCUT2D eigenvalue weighted by Gasteiger charge is 2.15. The Morgan fingerprint density at radius 2 is 2.35 bits per heavy atom. The van der Waals surface area contributed by atoms with Crippen LogP contribution in [0.3, 0.4) is 0 Å². The standard InChI is InChI=1S/C14H17F2N3O/c1-9-6-17-5-4-11(9)10-2-3-12(18-7-10)14(20)19-8-13(15)16/h2-4,7,9,13,17H,5-6,8H2,1H3,(H,19,20). The van der Waals surface area contributed by atoms with Crippen LogP contribution in [0, 0.1) is 5.92 Å². The van der Waals surface area contributed by atoms with Crippen molar-refractivity contribution in [3.8, 4) is 0 Å². The summed E-state index contributed by atoms with van der Waals surface area (Å²) in [5.74, 6) is -0.201. The molecular formula is C14H17F2N3O. The zero-order valence-electron chi connectivity index (χ0n) is 11.2. The van der Waals surface area contributed by atoms with E-state index in [-0.39, 0.29) is 5.69 Å². The molecule has 2 heterocycles. The second kappa shape index (κ2) is 6.56. The Morgan fingerprint density at radius 3 is 2.95 bits per heavy atom. The number of carbonyl (C=O) groups is 1. The number of aromatic nitrogens is 1. The van der Waals surface area contributed by atoms with Crippen LogP contribution in [0.25, 0.3) is 5.57 Å². The second-order valence-electron chi connectivity index (χ2n) is 4.75. The van der Waals surface area contributed by atoms with Gasteiger partial charge in [-0.1, -0.05) is 19.1 Å². The van der Waals surface area contributed by atoms with Crippen molar-refractivity contribution in [2.45, 2.75) is 13.3 Å². The fourth-order valence-corrected chi connectivity index (χ4v) is 2.15. The van der Waals surface area contributed by atoms with Gasteiger partial charge in [0.2, 0.25) is 0 Å². The van der Waals surface area contributed by atoms with E-state index in [9.17, 15) is 13.6 Å². The molecule has 4 nitrogen and oxygen atoms in total. The minimum atomic E-state index is -2.56. The van der Waals surface area contributed by atoms with Crippen molar-refractivity contribution in [2.24, 2.45) is 5.92 Å². The zero-order valence-corrected chi connectivity index (χ0v) is 11.2. The number of rotatable bonds is 4. The summed E-state index contributed by atoms with van der Waals surface area (Å²) < 4.78 is 24.0. The van der Waals surface area contributed by atoms with Gasteiger partial charge in [-0.2, -0.15) is 0 Å². The number of nitrogens with zero attached hydrogens (tertiary/aromatic N) is 1. The Hall–Kier alpha value is -1.82. The third-order valence-electron chi connectivity index (χ3n) is 3.19. The molecule has 0 radical (unpaired) electrons. The monoisotopic (exact) mass is 281 g/mol. The molecule has 6 heteroatoms. The fourth-order valence-electron chi connectivity index (χ4n) is 2.15. The van der Waals surface area contributed by atoms with Crippen LogP contribution in [0.1, 0.15) is 23.0 Å². The molecule has 1 aromatic rings. The molecule has 20 heavy (non-hydrogen) atoms. The second-order valence-corrected chi connectivity index (χ2v) is 4.75. The largest absolute Gasteiger partial charge is 0.345 e. The molecule has 0 aliphatic carbocycles.